The number of nitrogens with one attached hydrogen (secondary N) is 2. The van der Waals surface area contributed by atoms with Gasteiger partial charge < -0.3 is 5.32 Å². The second-order valence-electron chi connectivity index (χ2n) is 3.91. The van der Waals surface area contributed by atoms with Gasteiger partial charge in [-0.25, -0.2) is 13.1 Å². The van der Waals surface area contributed by atoms with Crippen LogP contribution in [0.25, 0.3) is 0 Å². The second-order valence-corrected chi connectivity index (χ2v) is 7.48. The van der Waals surface area contributed by atoms with Gasteiger partial charge in [-0.2, -0.15) is 0 Å². The first-order valence-corrected chi connectivity index (χ1v) is 8.73. The second kappa shape index (κ2) is 6.68. The Balaban J connectivity index is 2.32. The third-order valence-corrected chi connectivity index (χ3v) is 5.35. The summed E-state index contributed by atoms with van der Waals surface area (Å²) in [6.07, 6.45) is 1.38. The van der Waals surface area contributed by atoms with Gasteiger partial charge in [0, 0.05) is 34.9 Å². The normalized spacial score (nSPS) is 26.8. The largest absolute Gasteiger partial charge is 0.316 e. The number of rotatable bonds is 6. The first-order valence-electron chi connectivity index (χ1n) is 5.59. The van der Waals surface area contributed by atoms with Crippen LogP contribution in [0.5, 0.6) is 0 Å². The fourth-order valence-corrected chi connectivity index (χ4v) is 4.18. The van der Waals surface area contributed by atoms with Crippen molar-refractivity contribution >= 4 is 20.8 Å². The highest BCUT2D eigenvalue weighted by atomic mass is 32.2. The van der Waals surface area contributed by atoms with Crippen molar-refractivity contribution in [2.45, 2.75) is 25.8 Å². The monoisotopic (exact) mass is 268 g/mol. The van der Waals surface area contributed by atoms with Crippen LogP contribution in [-0.4, -0.2) is 49.0 Å². The fraction of sp³-hybridized carbons (Fsp3) is 1.00. The maximum atomic E-state index is 11.6. The lowest BCUT2D eigenvalue weighted by Gasteiger charge is -2.22. The average Bonchev–Trinajstić information content (AvgIpc) is 2.21. The van der Waals surface area contributed by atoms with E-state index in [1.807, 2.05) is 6.92 Å². The maximum Gasteiger partial charge on any atom is 0.213 e. The van der Waals surface area contributed by atoms with Gasteiger partial charge in [-0.05, 0) is 19.4 Å². The molecule has 0 spiro atoms. The lowest BCUT2D eigenvalue weighted by atomic mass is 10.2. The van der Waals surface area contributed by atoms with Crippen molar-refractivity contribution < 1.29 is 12.6 Å². The SMILES string of the molecule is CCNCCS(=O)(=O)NC1CCS(=O)CC1. The van der Waals surface area contributed by atoms with E-state index in [1.165, 1.54) is 0 Å². The molecule has 0 unspecified atom stereocenters. The van der Waals surface area contributed by atoms with E-state index >= 15 is 0 Å². The summed E-state index contributed by atoms with van der Waals surface area (Å²) in [5.74, 6) is 1.33. The molecule has 1 saturated heterocycles. The predicted molar refractivity (Wildman–Crippen MR) is 66.4 cm³/mol. The summed E-state index contributed by atoms with van der Waals surface area (Å²) in [4.78, 5) is 0. The van der Waals surface area contributed by atoms with Crippen molar-refractivity contribution in [3.8, 4) is 0 Å². The van der Waals surface area contributed by atoms with Gasteiger partial charge in [-0.3, -0.25) is 4.21 Å². The molecule has 0 aromatic carbocycles. The Morgan fingerprint density at radius 1 is 1.31 bits per heavy atom. The van der Waals surface area contributed by atoms with Gasteiger partial charge in [0.1, 0.15) is 0 Å². The lowest BCUT2D eigenvalue weighted by Crippen LogP contribution is -2.42. The third-order valence-electron chi connectivity index (χ3n) is 2.53. The highest BCUT2D eigenvalue weighted by Gasteiger charge is 2.22. The number of hydrogen-bond acceptors (Lipinski definition) is 4. The molecule has 0 bridgehead atoms. The molecule has 0 aliphatic carbocycles. The van der Waals surface area contributed by atoms with Crippen LogP contribution in [0.2, 0.25) is 0 Å². The van der Waals surface area contributed by atoms with Gasteiger partial charge in [0.05, 0.1) is 5.75 Å². The van der Waals surface area contributed by atoms with Gasteiger partial charge in [-0.1, -0.05) is 6.92 Å². The third kappa shape index (κ3) is 5.38. The van der Waals surface area contributed by atoms with Crippen LogP contribution in [-0.2, 0) is 20.8 Å². The molecule has 16 heavy (non-hydrogen) atoms. The van der Waals surface area contributed by atoms with Crippen molar-refractivity contribution in [1.82, 2.24) is 10.0 Å². The first-order chi connectivity index (χ1) is 7.53. The molecule has 0 radical (unpaired) electrons. The fourth-order valence-electron chi connectivity index (χ4n) is 1.61. The molecule has 1 fully saturated rings. The van der Waals surface area contributed by atoms with E-state index in [4.69, 9.17) is 0 Å². The van der Waals surface area contributed by atoms with Gasteiger partial charge in [0.25, 0.3) is 0 Å². The molecule has 1 aliphatic heterocycles. The molecular formula is C9H20N2O3S2. The molecule has 0 atom stereocenters. The van der Waals surface area contributed by atoms with Gasteiger partial charge in [-0.15, -0.1) is 0 Å². The summed E-state index contributed by atoms with van der Waals surface area (Å²) < 4.78 is 37.0. The molecular weight excluding hydrogens is 248 g/mol. The van der Waals surface area contributed by atoms with Crippen LogP contribution in [0.15, 0.2) is 0 Å². The minimum atomic E-state index is -3.18. The van der Waals surface area contributed by atoms with Crippen LogP contribution in [0, 0.1) is 0 Å². The van der Waals surface area contributed by atoms with Crippen LogP contribution < -0.4 is 10.0 Å². The molecule has 0 aromatic heterocycles. The van der Waals surface area contributed by atoms with Gasteiger partial charge in [0.15, 0.2) is 0 Å². The molecule has 0 aromatic rings. The Morgan fingerprint density at radius 2 is 1.94 bits per heavy atom. The molecule has 5 nitrogen and oxygen atoms in total. The minimum absolute atomic E-state index is 0.0238. The van der Waals surface area contributed by atoms with E-state index in [0.29, 0.717) is 30.9 Å². The molecule has 0 saturated carbocycles. The summed E-state index contributed by atoms with van der Waals surface area (Å²) >= 11 is 0. The van der Waals surface area contributed by atoms with Crippen LogP contribution in [0.1, 0.15) is 19.8 Å². The number of sulfonamides is 1. The van der Waals surface area contributed by atoms with E-state index < -0.39 is 20.8 Å². The first kappa shape index (κ1) is 14.1. The van der Waals surface area contributed by atoms with Crippen molar-refractivity contribution in [2.75, 3.05) is 30.3 Å². The quantitative estimate of drug-likeness (QED) is 0.632. The Bertz CT molecular complexity index is 320. The van der Waals surface area contributed by atoms with Crippen LogP contribution >= 0.6 is 0 Å². The molecule has 0 amide bonds. The molecule has 2 N–H and O–H groups in total. The van der Waals surface area contributed by atoms with Crippen LogP contribution in [0.3, 0.4) is 0 Å². The lowest BCUT2D eigenvalue weighted by molar-refractivity contribution is 0.520. The molecule has 7 heteroatoms. The summed E-state index contributed by atoms with van der Waals surface area (Å²) in [6, 6.07) is -0.0238. The summed E-state index contributed by atoms with van der Waals surface area (Å²) in [7, 11) is -3.93. The number of hydrogen-bond donors (Lipinski definition) is 2. The van der Waals surface area contributed by atoms with Crippen molar-refractivity contribution in [3.63, 3.8) is 0 Å². The Kier molecular flexibility index (Phi) is 5.88. The maximum absolute atomic E-state index is 11.6. The standard InChI is InChI=1S/C9H20N2O3S2/c1-2-10-5-8-16(13,14)11-9-3-6-15(12)7-4-9/h9-11H,2-8H2,1H3. The van der Waals surface area contributed by atoms with E-state index in [0.717, 1.165) is 6.54 Å². The highest BCUT2D eigenvalue weighted by molar-refractivity contribution is 7.89. The minimum Gasteiger partial charge on any atom is -0.316 e. The van der Waals surface area contributed by atoms with E-state index in [2.05, 4.69) is 10.0 Å². The molecule has 96 valence electrons. The summed E-state index contributed by atoms with van der Waals surface area (Å²) in [5.41, 5.74) is 0. The van der Waals surface area contributed by atoms with E-state index in [9.17, 15) is 12.6 Å². The predicted octanol–water partition coefficient (Wildman–Crippen LogP) is -0.574. The smallest absolute Gasteiger partial charge is 0.213 e. The summed E-state index contributed by atoms with van der Waals surface area (Å²) in [6.45, 7) is 3.19. The molecule has 1 heterocycles. The van der Waals surface area contributed by atoms with Crippen molar-refractivity contribution in [3.05, 3.63) is 0 Å². The Morgan fingerprint density at radius 3 is 2.50 bits per heavy atom. The average molecular weight is 268 g/mol. The Labute approximate surface area is 99.9 Å². The molecule has 1 rings (SSSR count). The zero-order valence-corrected chi connectivity index (χ0v) is 11.2. The van der Waals surface area contributed by atoms with Crippen molar-refractivity contribution in [2.24, 2.45) is 0 Å². The van der Waals surface area contributed by atoms with Gasteiger partial charge >= 0.3 is 0 Å². The topological polar surface area (TPSA) is 75.3 Å². The van der Waals surface area contributed by atoms with Crippen molar-refractivity contribution in [1.29, 1.82) is 0 Å². The highest BCUT2D eigenvalue weighted by Crippen LogP contribution is 2.10. The zero-order valence-electron chi connectivity index (χ0n) is 9.57. The zero-order chi connectivity index (χ0) is 12.0. The Hall–Kier alpha value is 0.0200. The van der Waals surface area contributed by atoms with E-state index in [-0.39, 0.29) is 11.8 Å². The van der Waals surface area contributed by atoms with Gasteiger partial charge in [0.2, 0.25) is 10.0 Å². The summed E-state index contributed by atoms with van der Waals surface area (Å²) in [5, 5.41) is 2.98. The van der Waals surface area contributed by atoms with Crippen LogP contribution in [0.4, 0.5) is 0 Å². The van der Waals surface area contributed by atoms with E-state index in [1.54, 1.807) is 0 Å². The molecule has 1 aliphatic rings.